The lowest BCUT2D eigenvalue weighted by atomic mass is 10.2. The van der Waals surface area contributed by atoms with Crippen LogP contribution >= 0.6 is 0 Å². The van der Waals surface area contributed by atoms with Crippen molar-refractivity contribution in [2.45, 2.75) is 0 Å². The number of hydrogen-bond donors (Lipinski definition) is 1. The Kier molecular flexibility index (Phi) is 3.35. The van der Waals surface area contributed by atoms with Gasteiger partial charge >= 0.3 is 0 Å². The Morgan fingerprint density at radius 1 is 1.47 bits per heavy atom. The van der Waals surface area contributed by atoms with Crippen LogP contribution in [0.3, 0.4) is 0 Å². The third kappa shape index (κ3) is 2.50. The van der Waals surface area contributed by atoms with Crippen molar-refractivity contribution in [2.24, 2.45) is 0 Å². The molecule has 6 nitrogen and oxygen atoms in total. The zero-order chi connectivity index (χ0) is 11.4. The maximum absolute atomic E-state index is 11.1. The van der Waals surface area contributed by atoms with Crippen LogP contribution in [0, 0.1) is 10.1 Å². The Balaban J connectivity index is 2.89. The number of nitrogens with zero attached hydrogens (tertiary/aromatic N) is 2. The van der Waals surface area contributed by atoms with Crippen LogP contribution in [0.15, 0.2) is 24.3 Å². The Morgan fingerprint density at radius 2 is 2.00 bits per heavy atom. The van der Waals surface area contributed by atoms with Crippen molar-refractivity contribution < 1.29 is 14.8 Å². The molecule has 0 aliphatic rings. The van der Waals surface area contributed by atoms with Gasteiger partial charge in [0, 0.05) is 24.9 Å². The summed E-state index contributed by atoms with van der Waals surface area (Å²) in [6.45, 7) is -0.590. The third-order valence-electron chi connectivity index (χ3n) is 1.96. The second-order valence-electron chi connectivity index (χ2n) is 2.88. The Hall–Kier alpha value is -1.95. The average molecular weight is 210 g/mol. The van der Waals surface area contributed by atoms with Gasteiger partial charge in [-0.05, 0) is 12.1 Å². The van der Waals surface area contributed by atoms with Gasteiger partial charge in [0.15, 0.2) is 0 Å². The number of nitro benzene ring substituents is 1. The van der Waals surface area contributed by atoms with Crippen molar-refractivity contribution in [3.8, 4) is 0 Å². The highest BCUT2D eigenvalue weighted by Crippen LogP contribution is 2.18. The third-order valence-corrected chi connectivity index (χ3v) is 1.96. The molecule has 1 rings (SSSR count). The summed E-state index contributed by atoms with van der Waals surface area (Å²) in [5, 5.41) is 19.0. The maximum Gasteiger partial charge on any atom is 0.269 e. The van der Waals surface area contributed by atoms with Crippen LogP contribution in [-0.2, 0) is 4.79 Å². The van der Waals surface area contributed by atoms with E-state index in [-0.39, 0.29) is 5.69 Å². The van der Waals surface area contributed by atoms with Crippen LogP contribution in [-0.4, -0.2) is 29.6 Å². The topological polar surface area (TPSA) is 83.7 Å². The number of benzene rings is 1. The molecule has 0 spiro atoms. The number of amides is 1. The summed E-state index contributed by atoms with van der Waals surface area (Å²) >= 11 is 0. The van der Waals surface area contributed by atoms with E-state index in [9.17, 15) is 14.9 Å². The van der Waals surface area contributed by atoms with E-state index in [1.165, 1.54) is 36.2 Å². The van der Waals surface area contributed by atoms with E-state index in [0.717, 1.165) is 0 Å². The minimum absolute atomic E-state index is 0.0383. The van der Waals surface area contributed by atoms with Crippen molar-refractivity contribution in [2.75, 3.05) is 18.6 Å². The molecule has 0 unspecified atom stereocenters. The van der Waals surface area contributed by atoms with Crippen LogP contribution in [0.5, 0.6) is 0 Å². The fourth-order valence-electron chi connectivity index (χ4n) is 1.05. The van der Waals surface area contributed by atoms with Gasteiger partial charge in [-0.15, -0.1) is 0 Å². The number of non-ortho nitro benzene ring substituents is 1. The number of carbonyl (C=O) groups is 1. The first-order chi connectivity index (χ1) is 7.06. The summed E-state index contributed by atoms with van der Waals surface area (Å²) < 4.78 is 0. The normalized spacial score (nSPS) is 9.73. The van der Waals surface area contributed by atoms with Crippen molar-refractivity contribution in [3.05, 3.63) is 34.4 Å². The van der Waals surface area contributed by atoms with Gasteiger partial charge in [0.2, 0.25) is 0 Å². The van der Waals surface area contributed by atoms with Crippen LogP contribution in [0.1, 0.15) is 0 Å². The molecule has 0 radical (unpaired) electrons. The van der Waals surface area contributed by atoms with Crippen LogP contribution in [0.4, 0.5) is 11.4 Å². The number of hydrogen-bond acceptors (Lipinski definition) is 4. The molecule has 1 amide bonds. The zero-order valence-electron chi connectivity index (χ0n) is 8.08. The summed E-state index contributed by atoms with van der Waals surface area (Å²) in [6, 6.07) is 5.50. The molecule has 0 aliphatic heterocycles. The molecule has 0 aromatic heterocycles. The number of aliphatic hydroxyl groups is 1. The summed E-state index contributed by atoms with van der Waals surface area (Å²) in [7, 11) is 1.49. The number of nitro groups is 1. The molecule has 15 heavy (non-hydrogen) atoms. The van der Waals surface area contributed by atoms with Crippen molar-refractivity contribution in [1.29, 1.82) is 0 Å². The van der Waals surface area contributed by atoms with Crippen LogP contribution in [0.25, 0.3) is 0 Å². The number of rotatable bonds is 3. The highest BCUT2D eigenvalue weighted by molar-refractivity contribution is 5.93. The van der Waals surface area contributed by atoms with E-state index in [4.69, 9.17) is 5.11 Å². The fourth-order valence-corrected chi connectivity index (χ4v) is 1.05. The second kappa shape index (κ2) is 4.52. The second-order valence-corrected chi connectivity index (χ2v) is 2.88. The molecule has 80 valence electrons. The van der Waals surface area contributed by atoms with E-state index in [1.807, 2.05) is 0 Å². The van der Waals surface area contributed by atoms with Gasteiger partial charge in [0.25, 0.3) is 11.6 Å². The summed E-state index contributed by atoms with van der Waals surface area (Å²) in [5.41, 5.74) is 0.461. The fraction of sp³-hybridized carbons (Fsp3) is 0.222. The SMILES string of the molecule is CN(C(=O)CO)c1ccc([N+](=O)[O-])cc1. The summed E-state index contributed by atoms with van der Waals surface area (Å²) in [4.78, 5) is 22.1. The predicted octanol–water partition coefficient (Wildman–Crippen LogP) is 0.550. The number of aliphatic hydroxyl groups excluding tert-OH is 1. The minimum atomic E-state index is -0.590. The smallest absolute Gasteiger partial charge is 0.269 e. The lowest BCUT2D eigenvalue weighted by molar-refractivity contribution is -0.384. The summed E-state index contributed by atoms with van der Waals surface area (Å²) in [6.07, 6.45) is 0. The predicted molar refractivity (Wildman–Crippen MR) is 53.6 cm³/mol. The molecular formula is C9H10N2O4. The molecule has 0 heterocycles. The average Bonchev–Trinajstić information content (AvgIpc) is 2.27. The number of anilines is 1. The Labute approximate surface area is 85.9 Å². The lowest BCUT2D eigenvalue weighted by Crippen LogP contribution is -2.28. The first kappa shape index (κ1) is 11.1. The van der Waals surface area contributed by atoms with E-state index >= 15 is 0 Å². The first-order valence-electron chi connectivity index (χ1n) is 4.18. The molecule has 0 saturated heterocycles. The molecule has 0 fully saturated rings. The van der Waals surface area contributed by atoms with Crippen LogP contribution < -0.4 is 4.90 Å². The Morgan fingerprint density at radius 3 is 2.40 bits per heavy atom. The zero-order valence-corrected chi connectivity index (χ0v) is 8.08. The van der Waals surface area contributed by atoms with E-state index in [0.29, 0.717) is 5.69 Å². The van der Waals surface area contributed by atoms with Gasteiger partial charge in [-0.25, -0.2) is 0 Å². The van der Waals surface area contributed by atoms with E-state index in [1.54, 1.807) is 0 Å². The van der Waals surface area contributed by atoms with E-state index < -0.39 is 17.4 Å². The molecule has 0 aliphatic carbocycles. The lowest BCUT2D eigenvalue weighted by Gasteiger charge is -2.15. The Bertz CT molecular complexity index is 374. The van der Waals surface area contributed by atoms with Gasteiger partial charge in [0.05, 0.1) is 4.92 Å². The highest BCUT2D eigenvalue weighted by Gasteiger charge is 2.11. The molecular weight excluding hydrogens is 200 g/mol. The quantitative estimate of drug-likeness (QED) is 0.583. The van der Waals surface area contributed by atoms with Gasteiger partial charge in [0.1, 0.15) is 6.61 Å². The standard InChI is InChI=1S/C9H10N2O4/c1-10(9(13)6-12)7-2-4-8(5-3-7)11(14)15/h2-5,12H,6H2,1H3. The molecule has 6 heteroatoms. The molecule has 0 bridgehead atoms. The van der Waals surface area contributed by atoms with Gasteiger partial charge < -0.3 is 10.0 Å². The van der Waals surface area contributed by atoms with Crippen molar-refractivity contribution in [3.63, 3.8) is 0 Å². The van der Waals surface area contributed by atoms with Crippen LogP contribution in [0.2, 0.25) is 0 Å². The van der Waals surface area contributed by atoms with Crippen molar-refractivity contribution in [1.82, 2.24) is 0 Å². The molecule has 1 aromatic rings. The first-order valence-corrected chi connectivity index (χ1v) is 4.18. The molecule has 1 aromatic carbocycles. The highest BCUT2D eigenvalue weighted by atomic mass is 16.6. The number of carbonyl (C=O) groups excluding carboxylic acids is 1. The van der Waals surface area contributed by atoms with E-state index in [2.05, 4.69) is 0 Å². The van der Waals surface area contributed by atoms with Gasteiger partial charge in [-0.3, -0.25) is 14.9 Å². The molecule has 0 saturated carbocycles. The van der Waals surface area contributed by atoms with Gasteiger partial charge in [-0.1, -0.05) is 0 Å². The molecule has 0 atom stereocenters. The van der Waals surface area contributed by atoms with Gasteiger partial charge in [-0.2, -0.15) is 0 Å². The summed E-state index contributed by atoms with van der Waals surface area (Å²) in [5.74, 6) is -0.469. The monoisotopic (exact) mass is 210 g/mol. The largest absolute Gasteiger partial charge is 0.387 e. The molecule has 1 N–H and O–H groups in total. The van der Waals surface area contributed by atoms with Crippen molar-refractivity contribution >= 4 is 17.3 Å². The number of likely N-dealkylation sites (N-methyl/N-ethyl adjacent to an activating group) is 1. The maximum atomic E-state index is 11.1. The minimum Gasteiger partial charge on any atom is -0.387 e.